The third kappa shape index (κ3) is 1.10. The van der Waals surface area contributed by atoms with Gasteiger partial charge in [0.25, 0.3) is 0 Å². The van der Waals surface area contributed by atoms with Gasteiger partial charge in [-0.2, -0.15) is 0 Å². The van der Waals surface area contributed by atoms with Gasteiger partial charge in [-0.05, 0) is 24.7 Å². The molecule has 2 aliphatic rings. The van der Waals surface area contributed by atoms with Gasteiger partial charge in [-0.1, -0.05) is 32.6 Å². The maximum absolute atomic E-state index is 6.26. The third-order valence-corrected chi connectivity index (χ3v) is 3.91. The molecule has 0 amide bonds. The summed E-state index contributed by atoms with van der Waals surface area (Å²) >= 11 is 0. The number of hydrogen-bond acceptors (Lipinski definition) is 1. The Hall–Kier alpha value is -0.0400. The van der Waals surface area contributed by atoms with Crippen LogP contribution in [0.1, 0.15) is 45.4 Å². The molecule has 0 saturated heterocycles. The van der Waals surface area contributed by atoms with E-state index in [4.69, 9.17) is 5.73 Å². The van der Waals surface area contributed by atoms with Gasteiger partial charge >= 0.3 is 0 Å². The second kappa shape index (κ2) is 2.48. The van der Waals surface area contributed by atoms with Crippen LogP contribution in [0.5, 0.6) is 0 Å². The van der Waals surface area contributed by atoms with Crippen LogP contribution in [0, 0.1) is 11.8 Å². The van der Waals surface area contributed by atoms with Crippen molar-refractivity contribution in [1.82, 2.24) is 0 Å². The van der Waals surface area contributed by atoms with Crippen molar-refractivity contribution in [3.05, 3.63) is 0 Å². The maximum atomic E-state index is 6.26. The first-order valence-electron chi connectivity index (χ1n) is 5.04. The van der Waals surface area contributed by atoms with Gasteiger partial charge in [0.15, 0.2) is 0 Å². The fraction of sp³-hybridized carbons (Fsp3) is 1.00. The Bertz CT molecular complexity index is 155. The molecule has 0 aromatic carbocycles. The summed E-state index contributed by atoms with van der Waals surface area (Å²) in [6, 6.07) is 0. The first kappa shape index (κ1) is 7.60. The molecule has 1 nitrogen and oxygen atoms in total. The second-order valence-corrected chi connectivity index (χ2v) is 4.46. The molecule has 0 bridgehead atoms. The van der Waals surface area contributed by atoms with Crippen LogP contribution < -0.4 is 5.73 Å². The Kier molecular flexibility index (Phi) is 1.71. The molecule has 0 radical (unpaired) electrons. The average Bonchev–Trinajstić information content (AvgIpc) is 2.40. The summed E-state index contributed by atoms with van der Waals surface area (Å²) in [5, 5.41) is 0. The molecular formula is C10H19N. The van der Waals surface area contributed by atoms with Gasteiger partial charge in [0.2, 0.25) is 0 Å². The van der Waals surface area contributed by atoms with Crippen molar-refractivity contribution >= 4 is 0 Å². The standard InChI is InChI=1S/C10H19N/c1-8-9-6-4-2-3-5-7-10(8,9)11/h8-9H,2-7,11H2,1H3/t8-,9?,10?/m0/s1. The molecule has 2 saturated carbocycles. The van der Waals surface area contributed by atoms with Crippen molar-refractivity contribution in [2.45, 2.75) is 51.0 Å². The minimum atomic E-state index is 0.278. The SMILES string of the molecule is C[C@H]1C2CCCCCCC21N. The third-order valence-electron chi connectivity index (χ3n) is 3.91. The summed E-state index contributed by atoms with van der Waals surface area (Å²) in [5.41, 5.74) is 6.54. The zero-order chi connectivity index (χ0) is 7.90. The van der Waals surface area contributed by atoms with E-state index in [2.05, 4.69) is 6.92 Å². The van der Waals surface area contributed by atoms with Gasteiger partial charge in [-0.3, -0.25) is 0 Å². The van der Waals surface area contributed by atoms with E-state index in [-0.39, 0.29) is 5.54 Å². The van der Waals surface area contributed by atoms with E-state index in [1.807, 2.05) is 0 Å². The van der Waals surface area contributed by atoms with Crippen LogP contribution in [0.4, 0.5) is 0 Å². The minimum Gasteiger partial charge on any atom is -0.325 e. The average molecular weight is 153 g/mol. The molecule has 2 fully saturated rings. The molecule has 2 rings (SSSR count). The molecule has 2 aliphatic carbocycles. The summed E-state index contributed by atoms with van der Waals surface area (Å²) < 4.78 is 0. The van der Waals surface area contributed by atoms with E-state index in [9.17, 15) is 0 Å². The molecule has 11 heavy (non-hydrogen) atoms. The van der Waals surface area contributed by atoms with Crippen LogP contribution in [0.3, 0.4) is 0 Å². The van der Waals surface area contributed by atoms with E-state index < -0.39 is 0 Å². The Morgan fingerprint density at radius 2 is 1.91 bits per heavy atom. The predicted molar refractivity (Wildman–Crippen MR) is 47.3 cm³/mol. The normalized spacial score (nSPS) is 50.7. The van der Waals surface area contributed by atoms with E-state index in [1.54, 1.807) is 0 Å². The fourth-order valence-electron chi connectivity index (χ4n) is 2.84. The lowest BCUT2D eigenvalue weighted by molar-refractivity contribution is 0.440. The van der Waals surface area contributed by atoms with E-state index in [0.29, 0.717) is 0 Å². The fourth-order valence-corrected chi connectivity index (χ4v) is 2.84. The van der Waals surface area contributed by atoms with Crippen molar-refractivity contribution in [2.75, 3.05) is 0 Å². The quantitative estimate of drug-likeness (QED) is 0.568. The molecule has 64 valence electrons. The van der Waals surface area contributed by atoms with Crippen LogP contribution >= 0.6 is 0 Å². The van der Waals surface area contributed by atoms with Crippen LogP contribution in [0.2, 0.25) is 0 Å². The first-order chi connectivity index (χ1) is 5.25. The van der Waals surface area contributed by atoms with Gasteiger partial charge in [0.05, 0.1) is 0 Å². The lowest BCUT2D eigenvalue weighted by atomic mass is 9.97. The number of hydrogen-bond donors (Lipinski definition) is 1. The Balaban J connectivity index is 1.98. The molecule has 0 spiro atoms. The molecule has 1 heteroatoms. The highest BCUT2D eigenvalue weighted by Gasteiger charge is 2.57. The lowest BCUT2D eigenvalue weighted by Crippen LogP contribution is -2.27. The Labute approximate surface area is 69.4 Å². The van der Waals surface area contributed by atoms with Crippen molar-refractivity contribution in [1.29, 1.82) is 0 Å². The monoisotopic (exact) mass is 153 g/mol. The van der Waals surface area contributed by atoms with Crippen molar-refractivity contribution in [3.8, 4) is 0 Å². The Morgan fingerprint density at radius 3 is 2.73 bits per heavy atom. The smallest absolute Gasteiger partial charge is 0.0215 e. The lowest BCUT2D eigenvalue weighted by Gasteiger charge is -2.14. The number of fused-ring (bicyclic) bond motifs is 1. The van der Waals surface area contributed by atoms with E-state index in [1.165, 1.54) is 38.5 Å². The van der Waals surface area contributed by atoms with E-state index in [0.717, 1.165) is 11.8 Å². The number of rotatable bonds is 0. The molecule has 0 aromatic rings. The molecule has 0 aromatic heterocycles. The molecule has 0 heterocycles. The van der Waals surface area contributed by atoms with Crippen molar-refractivity contribution in [3.63, 3.8) is 0 Å². The van der Waals surface area contributed by atoms with Crippen LogP contribution in [-0.4, -0.2) is 5.54 Å². The molecule has 3 atom stereocenters. The molecule has 2 N–H and O–H groups in total. The second-order valence-electron chi connectivity index (χ2n) is 4.46. The molecular weight excluding hydrogens is 134 g/mol. The largest absolute Gasteiger partial charge is 0.325 e. The predicted octanol–water partition coefficient (Wildman–Crippen LogP) is 2.30. The highest BCUT2D eigenvalue weighted by Crippen LogP contribution is 2.54. The molecule has 0 aliphatic heterocycles. The van der Waals surface area contributed by atoms with Crippen LogP contribution in [0.15, 0.2) is 0 Å². The highest BCUT2D eigenvalue weighted by molar-refractivity contribution is 5.13. The van der Waals surface area contributed by atoms with Gasteiger partial charge < -0.3 is 5.73 Å². The first-order valence-corrected chi connectivity index (χ1v) is 5.04. The van der Waals surface area contributed by atoms with Crippen LogP contribution in [0.25, 0.3) is 0 Å². The summed E-state index contributed by atoms with van der Waals surface area (Å²) in [6.45, 7) is 2.33. The van der Waals surface area contributed by atoms with Crippen molar-refractivity contribution < 1.29 is 0 Å². The highest BCUT2D eigenvalue weighted by atomic mass is 14.9. The van der Waals surface area contributed by atoms with Gasteiger partial charge in [-0.15, -0.1) is 0 Å². The van der Waals surface area contributed by atoms with Gasteiger partial charge in [0, 0.05) is 5.54 Å². The zero-order valence-corrected chi connectivity index (χ0v) is 7.47. The van der Waals surface area contributed by atoms with Gasteiger partial charge in [-0.25, -0.2) is 0 Å². The zero-order valence-electron chi connectivity index (χ0n) is 7.47. The topological polar surface area (TPSA) is 26.0 Å². The molecule has 2 unspecified atom stereocenters. The van der Waals surface area contributed by atoms with E-state index >= 15 is 0 Å². The number of nitrogens with two attached hydrogens (primary N) is 1. The summed E-state index contributed by atoms with van der Waals surface area (Å²) in [6.07, 6.45) is 8.35. The van der Waals surface area contributed by atoms with Crippen LogP contribution in [-0.2, 0) is 0 Å². The summed E-state index contributed by atoms with van der Waals surface area (Å²) in [7, 11) is 0. The van der Waals surface area contributed by atoms with Gasteiger partial charge in [0.1, 0.15) is 0 Å². The summed E-state index contributed by atoms with van der Waals surface area (Å²) in [4.78, 5) is 0. The van der Waals surface area contributed by atoms with Crippen molar-refractivity contribution in [2.24, 2.45) is 17.6 Å². The summed E-state index contributed by atoms with van der Waals surface area (Å²) in [5.74, 6) is 1.70. The Morgan fingerprint density at radius 1 is 1.18 bits per heavy atom. The minimum absolute atomic E-state index is 0.278. The maximum Gasteiger partial charge on any atom is 0.0215 e.